The number of imidazole rings is 1. The molecular formula is C25H35N5. The van der Waals surface area contributed by atoms with Gasteiger partial charge in [-0.1, -0.05) is 44.6 Å². The van der Waals surface area contributed by atoms with Crippen LogP contribution < -0.4 is 5.32 Å². The molecule has 0 aromatic carbocycles. The van der Waals surface area contributed by atoms with Crippen molar-refractivity contribution in [3.05, 3.63) is 71.8 Å². The summed E-state index contributed by atoms with van der Waals surface area (Å²) in [5.41, 5.74) is 5.39. The van der Waals surface area contributed by atoms with E-state index in [1.807, 2.05) is 42.9 Å². The molecule has 5 heteroatoms. The highest BCUT2D eigenvalue weighted by Gasteiger charge is 2.07. The minimum absolute atomic E-state index is 0.795. The molecule has 0 saturated carbocycles. The summed E-state index contributed by atoms with van der Waals surface area (Å²) < 4.78 is 1.91. The van der Waals surface area contributed by atoms with Gasteiger partial charge in [0.2, 0.25) is 0 Å². The first-order chi connectivity index (χ1) is 14.6. The minimum Gasteiger partial charge on any atom is -0.368 e. The SMILES string of the molecule is C/C=C\CC.CCC/C=C(\C)c1cnc2ccc(NCCc3ccc(C)cn3)nn12. The zero-order valence-electron chi connectivity index (χ0n) is 19.0. The molecule has 0 aliphatic carbocycles. The standard InChI is InChI=1S/C20H25N5.C5H10/c1-4-5-6-16(3)18-14-23-20-10-9-19(24-25(18)20)21-12-11-17-8-7-15(2)13-22-17;1-3-5-4-2/h6-10,13-14H,4-5,11-12H2,1-3H3,(H,21,24);3,5H,4H2,1-2H3/b16-6+;5-3-. The van der Waals surface area contributed by atoms with Gasteiger partial charge in [0, 0.05) is 24.9 Å². The molecule has 3 aromatic heterocycles. The number of rotatable bonds is 8. The Morgan fingerprint density at radius 1 is 1.10 bits per heavy atom. The maximum absolute atomic E-state index is 4.69. The number of allylic oxidation sites excluding steroid dienone is 4. The Kier molecular flexibility index (Phi) is 9.78. The molecule has 0 saturated heterocycles. The molecule has 3 heterocycles. The second kappa shape index (κ2) is 12.6. The van der Waals surface area contributed by atoms with Crippen LogP contribution in [0.2, 0.25) is 0 Å². The number of anilines is 1. The quantitative estimate of drug-likeness (QED) is 0.449. The molecule has 0 aliphatic rings. The van der Waals surface area contributed by atoms with Crippen LogP contribution in [0.25, 0.3) is 11.2 Å². The molecule has 160 valence electrons. The molecule has 3 rings (SSSR count). The lowest BCUT2D eigenvalue weighted by Crippen LogP contribution is -2.09. The van der Waals surface area contributed by atoms with Crippen LogP contribution >= 0.6 is 0 Å². The van der Waals surface area contributed by atoms with Crippen molar-refractivity contribution in [1.82, 2.24) is 19.6 Å². The first-order valence-electron chi connectivity index (χ1n) is 10.9. The van der Waals surface area contributed by atoms with Crippen molar-refractivity contribution in [2.75, 3.05) is 11.9 Å². The van der Waals surface area contributed by atoms with E-state index in [-0.39, 0.29) is 0 Å². The number of fused-ring (bicyclic) bond motifs is 1. The average molecular weight is 406 g/mol. The third kappa shape index (κ3) is 7.14. The topological polar surface area (TPSA) is 55.1 Å². The van der Waals surface area contributed by atoms with Gasteiger partial charge in [-0.2, -0.15) is 0 Å². The lowest BCUT2D eigenvalue weighted by atomic mass is 10.2. The van der Waals surface area contributed by atoms with Gasteiger partial charge in [-0.3, -0.25) is 4.98 Å². The highest BCUT2D eigenvalue weighted by atomic mass is 15.3. The van der Waals surface area contributed by atoms with Gasteiger partial charge in [0.25, 0.3) is 0 Å². The summed E-state index contributed by atoms with van der Waals surface area (Å²) in [6, 6.07) is 8.13. The normalized spacial score (nSPS) is 11.6. The average Bonchev–Trinajstić information content (AvgIpc) is 3.18. The summed E-state index contributed by atoms with van der Waals surface area (Å²) in [5, 5.41) is 8.07. The largest absolute Gasteiger partial charge is 0.368 e. The Hall–Kier alpha value is -2.95. The van der Waals surface area contributed by atoms with Crippen molar-refractivity contribution < 1.29 is 0 Å². The highest BCUT2D eigenvalue weighted by molar-refractivity contribution is 5.63. The number of aromatic nitrogens is 4. The molecule has 3 aromatic rings. The molecular weight excluding hydrogens is 370 g/mol. The summed E-state index contributed by atoms with van der Waals surface area (Å²) in [4.78, 5) is 8.88. The predicted molar refractivity (Wildman–Crippen MR) is 128 cm³/mol. The highest BCUT2D eigenvalue weighted by Crippen LogP contribution is 2.17. The van der Waals surface area contributed by atoms with Gasteiger partial charge in [0.15, 0.2) is 5.65 Å². The van der Waals surface area contributed by atoms with Crippen LogP contribution in [0.15, 0.2) is 54.9 Å². The van der Waals surface area contributed by atoms with E-state index in [1.165, 1.54) is 11.1 Å². The number of hydrogen-bond donors (Lipinski definition) is 1. The Balaban J connectivity index is 0.000000575. The maximum atomic E-state index is 4.69. The molecule has 1 N–H and O–H groups in total. The van der Waals surface area contributed by atoms with Gasteiger partial charge in [-0.25, -0.2) is 9.50 Å². The van der Waals surface area contributed by atoms with Crippen molar-refractivity contribution in [1.29, 1.82) is 0 Å². The summed E-state index contributed by atoms with van der Waals surface area (Å²) in [5.74, 6) is 0.849. The monoisotopic (exact) mass is 405 g/mol. The first kappa shape index (κ1) is 23.3. The van der Waals surface area contributed by atoms with Gasteiger partial charge >= 0.3 is 0 Å². The van der Waals surface area contributed by atoms with E-state index in [2.05, 4.69) is 66.4 Å². The van der Waals surface area contributed by atoms with Crippen LogP contribution in [-0.4, -0.2) is 26.1 Å². The third-order valence-electron chi connectivity index (χ3n) is 4.64. The molecule has 30 heavy (non-hydrogen) atoms. The summed E-state index contributed by atoms with van der Waals surface area (Å²) in [7, 11) is 0. The van der Waals surface area contributed by atoms with Gasteiger partial charge < -0.3 is 5.32 Å². The molecule has 0 aliphatic heterocycles. The maximum Gasteiger partial charge on any atom is 0.154 e. The van der Waals surface area contributed by atoms with Crippen molar-refractivity contribution in [3.8, 4) is 0 Å². The molecule has 0 fully saturated rings. The zero-order chi connectivity index (χ0) is 21.8. The van der Waals surface area contributed by atoms with Gasteiger partial charge in [0.1, 0.15) is 5.82 Å². The Morgan fingerprint density at radius 3 is 2.57 bits per heavy atom. The number of pyridine rings is 1. The van der Waals surface area contributed by atoms with E-state index in [0.717, 1.165) is 55.1 Å². The predicted octanol–water partition coefficient (Wildman–Crippen LogP) is 6.26. The van der Waals surface area contributed by atoms with E-state index < -0.39 is 0 Å². The minimum atomic E-state index is 0.795. The smallest absolute Gasteiger partial charge is 0.154 e. The second-order valence-electron chi connectivity index (χ2n) is 7.29. The number of aryl methyl sites for hydroxylation is 1. The molecule has 0 unspecified atom stereocenters. The molecule has 0 atom stereocenters. The summed E-state index contributed by atoms with van der Waals surface area (Å²) in [6.45, 7) is 11.3. The van der Waals surface area contributed by atoms with Crippen LogP contribution in [-0.2, 0) is 6.42 Å². The fourth-order valence-corrected chi connectivity index (χ4v) is 2.90. The molecule has 0 spiro atoms. The van der Waals surface area contributed by atoms with E-state index in [9.17, 15) is 0 Å². The Bertz CT molecular complexity index is 951. The lowest BCUT2D eigenvalue weighted by molar-refractivity contribution is 0.892. The van der Waals surface area contributed by atoms with Crippen molar-refractivity contribution in [3.63, 3.8) is 0 Å². The van der Waals surface area contributed by atoms with Gasteiger partial charge in [-0.15, -0.1) is 5.10 Å². The van der Waals surface area contributed by atoms with Crippen molar-refractivity contribution in [2.45, 2.75) is 60.3 Å². The molecule has 0 radical (unpaired) electrons. The lowest BCUT2D eigenvalue weighted by Gasteiger charge is -2.07. The third-order valence-corrected chi connectivity index (χ3v) is 4.64. The molecule has 0 bridgehead atoms. The van der Waals surface area contributed by atoms with Crippen molar-refractivity contribution >= 4 is 17.0 Å². The van der Waals surface area contributed by atoms with Crippen LogP contribution in [0.3, 0.4) is 0 Å². The fourth-order valence-electron chi connectivity index (χ4n) is 2.90. The fraction of sp³-hybridized carbons (Fsp3) is 0.400. The van der Waals surface area contributed by atoms with Gasteiger partial charge in [-0.05, 0) is 62.9 Å². The second-order valence-corrected chi connectivity index (χ2v) is 7.29. The summed E-state index contributed by atoms with van der Waals surface area (Å²) in [6.07, 6.45) is 14.5. The van der Waals surface area contributed by atoms with E-state index in [0.29, 0.717) is 0 Å². The number of unbranched alkanes of at least 4 members (excludes halogenated alkanes) is 1. The van der Waals surface area contributed by atoms with Crippen molar-refractivity contribution in [2.24, 2.45) is 0 Å². The number of nitrogens with zero attached hydrogens (tertiary/aromatic N) is 4. The van der Waals surface area contributed by atoms with Crippen LogP contribution in [0, 0.1) is 6.92 Å². The Labute approximate surface area is 181 Å². The van der Waals surface area contributed by atoms with Gasteiger partial charge in [0.05, 0.1) is 11.9 Å². The van der Waals surface area contributed by atoms with Crippen LogP contribution in [0.4, 0.5) is 5.82 Å². The Morgan fingerprint density at radius 2 is 1.93 bits per heavy atom. The van der Waals surface area contributed by atoms with E-state index in [1.54, 1.807) is 0 Å². The molecule has 5 nitrogen and oxygen atoms in total. The number of nitrogens with one attached hydrogen (secondary N) is 1. The first-order valence-corrected chi connectivity index (χ1v) is 10.9. The van der Waals surface area contributed by atoms with Crippen LogP contribution in [0.5, 0.6) is 0 Å². The van der Waals surface area contributed by atoms with E-state index >= 15 is 0 Å². The molecule has 0 amide bonds. The van der Waals surface area contributed by atoms with Crippen LogP contribution in [0.1, 0.15) is 63.9 Å². The summed E-state index contributed by atoms with van der Waals surface area (Å²) >= 11 is 0. The zero-order valence-corrected chi connectivity index (χ0v) is 19.0. The van der Waals surface area contributed by atoms with E-state index in [4.69, 9.17) is 5.10 Å². The number of hydrogen-bond acceptors (Lipinski definition) is 4.